The van der Waals surface area contributed by atoms with Crippen molar-refractivity contribution in [3.63, 3.8) is 0 Å². The predicted octanol–water partition coefficient (Wildman–Crippen LogP) is 3.04. The smallest absolute Gasteiger partial charge is 0.290 e. The number of thioether (sulfide) groups is 1. The van der Waals surface area contributed by atoms with Gasteiger partial charge in [0.15, 0.2) is 0 Å². The third kappa shape index (κ3) is 6.31. The maximum Gasteiger partial charge on any atom is 0.290 e. The Kier molecular flexibility index (Phi) is 8.07. The van der Waals surface area contributed by atoms with Gasteiger partial charge in [-0.2, -0.15) is 4.98 Å². The Hall–Kier alpha value is -2.95. The zero-order valence-electron chi connectivity index (χ0n) is 21.6. The third-order valence-corrected chi connectivity index (χ3v) is 8.22. The number of benzene rings is 1. The van der Waals surface area contributed by atoms with Gasteiger partial charge in [0.25, 0.3) is 11.1 Å². The van der Waals surface area contributed by atoms with Gasteiger partial charge in [-0.25, -0.2) is 4.98 Å². The molecule has 37 heavy (non-hydrogen) atoms. The third-order valence-electron chi connectivity index (χ3n) is 7.41. The van der Waals surface area contributed by atoms with E-state index in [2.05, 4.69) is 44.0 Å². The van der Waals surface area contributed by atoms with Gasteiger partial charge >= 0.3 is 0 Å². The van der Waals surface area contributed by atoms with Gasteiger partial charge in [0.1, 0.15) is 5.82 Å². The molecule has 2 amide bonds. The highest BCUT2D eigenvalue weighted by atomic mass is 32.2. The Balaban J connectivity index is 1.34. The summed E-state index contributed by atoms with van der Waals surface area (Å²) in [7, 11) is 2.01. The molecule has 3 aliphatic heterocycles. The van der Waals surface area contributed by atoms with Crippen LogP contribution in [0.1, 0.15) is 31.0 Å². The van der Waals surface area contributed by atoms with E-state index < -0.39 is 0 Å². The molecule has 1 N–H and O–H groups in total. The summed E-state index contributed by atoms with van der Waals surface area (Å²) >= 11 is 0.908. The summed E-state index contributed by atoms with van der Waals surface area (Å²) in [5.41, 5.74) is 1.81. The van der Waals surface area contributed by atoms with Crippen LogP contribution in [0.2, 0.25) is 0 Å². The van der Waals surface area contributed by atoms with Crippen molar-refractivity contribution in [1.29, 1.82) is 0 Å². The Labute approximate surface area is 222 Å². The van der Waals surface area contributed by atoms with Crippen molar-refractivity contribution in [2.75, 3.05) is 62.7 Å². The molecule has 196 valence electrons. The molecule has 1 aromatic heterocycles. The number of aromatic nitrogens is 2. The lowest BCUT2D eigenvalue weighted by molar-refractivity contribution is -0.115. The van der Waals surface area contributed by atoms with E-state index >= 15 is 0 Å². The summed E-state index contributed by atoms with van der Waals surface area (Å²) in [6, 6.07) is 12.8. The standard InChI is InChI=1S/C27H35N7O2S/c1-3-32-11-9-22(10-12-32)33-13-15-34(16-14-33)26-28-21(17-23-25(35)30-27(36)37-23)18-24(29-26)31(2)19-20-7-5-4-6-8-20/h4-8,17-18,22H,3,9-16,19H2,1-2H3,(H,30,35,36). The zero-order chi connectivity index (χ0) is 25.8. The minimum Gasteiger partial charge on any atom is -0.355 e. The molecule has 3 fully saturated rings. The largest absolute Gasteiger partial charge is 0.355 e. The number of piperazine rings is 1. The van der Waals surface area contributed by atoms with Gasteiger partial charge in [-0.05, 0) is 55.9 Å². The number of nitrogens with zero attached hydrogens (tertiary/aromatic N) is 6. The van der Waals surface area contributed by atoms with Gasteiger partial charge in [-0.3, -0.25) is 19.8 Å². The molecular formula is C27H35N7O2S. The number of imide groups is 1. The quantitative estimate of drug-likeness (QED) is 0.553. The first kappa shape index (κ1) is 25.7. The predicted molar refractivity (Wildman–Crippen MR) is 149 cm³/mol. The van der Waals surface area contributed by atoms with Crippen molar-refractivity contribution < 1.29 is 9.59 Å². The van der Waals surface area contributed by atoms with Crippen LogP contribution in [0.3, 0.4) is 0 Å². The lowest BCUT2D eigenvalue weighted by Crippen LogP contribution is -2.53. The van der Waals surface area contributed by atoms with Crippen LogP contribution in [0.5, 0.6) is 0 Å². The number of anilines is 2. The number of likely N-dealkylation sites (tertiary alicyclic amines) is 1. The molecule has 0 spiro atoms. The Morgan fingerprint density at radius 1 is 1.05 bits per heavy atom. The van der Waals surface area contributed by atoms with Crippen molar-refractivity contribution in [2.24, 2.45) is 0 Å². The van der Waals surface area contributed by atoms with E-state index in [1.807, 2.05) is 31.3 Å². The molecule has 3 saturated heterocycles. The summed E-state index contributed by atoms with van der Waals surface area (Å²) in [5.74, 6) is 1.07. The number of piperidine rings is 1. The Morgan fingerprint density at radius 3 is 2.43 bits per heavy atom. The first-order valence-electron chi connectivity index (χ1n) is 13.1. The lowest BCUT2D eigenvalue weighted by Gasteiger charge is -2.42. The molecule has 1 aromatic carbocycles. The minimum absolute atomic E-state index is 0.354. The van der Waals surface area contributed by atoms with Gasteiger partial charge in [0.05, 0.1) is 10.6 Å². The average molecular weight is 522 g/mol. The highest BCUT2D eigenvalue weighted by molar-refractivity contribution is 8.18. The van der Waals surface area contributed by atoms with E-state index in [-0.39, 0.29) is 11.1 Å². The van der Waals surface area contributed by atoms with Gasteiger partial charge in [0, 0.05) is 51.9 Å². The highest BCUT2D eigenvalue weighted by Gasteiger charge is 2.29. The van der Waals surface area contributed by atoms with E-state index in [1.54, 1.807) is 6.08 Å². The Morgan fingerprint density at radius 2 is 1.78 bits per heavy atom. The molecular weight excluding hydrogens is 486 g/mol. The molecule has 0 saturated carbocycles. The molecule has 0 aliphatic carbocycles. The molecule has 2 aromatic rings. The monoisotopic (exact) mass is 521 g/mol. The van der Waals surface area contributed by atoms with E-state index in [1.165, 1.54) is 31.5 Å². The van der Waals surface area contributed by atoms with Crippen LogP contribution in [0.4, 0.5) is 16.6 Å². The van der Waals surface area contributed by atoms with Crippen LogP contribution >= 0.6 is 11.8 Å². The van der Waals surface area contributed by atoms with Crippen LogP contribution in [0.15, 0.2) is 41.3 Å². The van der Waals surface area contributed by atoms with E-state index in [4.69, 9.17) is 9.97 Å². The highest BCUT2D eigenvalue weighted by Crippen LogP contribution is 2.28. The molecule has 10 heteroatoms. The maximum absolute atomic E-state index is 12.2. The number of carbonyl (C=O) groups is 2. The average Bonchev–Trinajstić information content (AvgIpc) is 3.25. The zero-order valence-corrected chi connectivity index (χ0v) is 22.4. The van der Waals surface area contributed by atoms with E-state index in [9.17, 15) is 9.59 Å². The molecule has 9 nitrogen and oxygen atoms in total. The van der Waals surface area contributed by atoms with Crippen LogP contribution in [0.25, 0.3) is 6.08 Å². The van der Waals surface area contributed by atoms with E-state index in [0.717, 1.165) is 50.3 Å². The van der Waals surface area contributed by atoms with Crippen molar-refractivity contribution in [1.82, 2.24) is 25.1 Å². The molecule has 0 radical (unpaired) electrons. The first-order valence-corrected chi connectivity index (χ1v) is 13.9. The van der Waals surface area contributed by atoms with Crippen molar-refractivity contribution in [3.05, 3.63) is 52.6 Å². The summed E-state index contributed by atoms with van der Waals surface area (Å²) < 4.78 is 0. The minimum atomic E-state index is -0.378. The summed E-state index contributed by atoms with van der Waals surface area (Å²) in [5, 5.41) is 1.97. The molecule has 4 heterocycles. The first-order chi connectivity index (χ1) is 18.0. The van der Waals surface area contributed by atoms with Crippen LogP contribution < -0.4 is 15.1 Å². The van der Waals surface area contributed by atoms with Gasteiger partial charge < -0.3 is 14.7 Å². The fourth-order valence-electron chi connectivity index (χ4n) is 5.23. The van der Waals surface area contributed by atoms with Crippen LogP contribution in [-0.2, 0) is 11.3 Å². The molecule has 0 bridgehead atoms. The Bertz CT molecular complexity index is 1140. The normalized spacial score (nSPS) is 21.0. The van der Waals surface area contributed by atoms with Crippen molar-refractivity contribution in [3.8, 4) is 0 Å². The van der Waals surface area contributed by atoms with Crippen LogP contribution in [0, 0.1) is 0 Å². The second-order valence-electron chi connectivity index (χ2n) is 9.83. The summed E-state index contributed by atoms with van der Waals surface area (Å²) in [4.78, 5) is 43.4. The molecule has 0 atom stereocenters. The fraction of sp³-hybridized carbons (Fsp3) is 0.481. The second kappa shape index (κ2) is 11.6. The topological polar surface area (TPSA) is 84.9 Å². The van der Waals surface area contributed by atoms with Crippen molar-refractivity contribution >= 4 is 40.8 Å². The van der Waals surface area contributed by atoms with Crippen molar-refractivity contribution in [2.45, 2.75) is 32.4 Å². The number of carbonyl (C=O) groups excluding carboxylic acids is 2. The van der Waals surface area contributed by atoms with Crippen LogP contribution in [-0.4, -0.2) is 89.8 Å². The van der Waals surface area contributed by atoms with E-state index in [0.29, 0.717) is 29.1 Å². The number of amides is 2. The summed E-state index contributed by atoms with van der Waals surface area (Å²) in [6.45, 7) is 10.2. The number of hydrogen-bond donors (Lipinski definition) is 1. The molecule has 5 rings (SSSR count). The molecule has 3 aliphatic rings. The number of nitrogens with one attached hydrogen (secondary N) is 1. The number of hydrogen-bond acceptors (Lipinski definition) is 9. The number of rotatable bonds is 7. The van der Waals surface area contributed by atoms with Gasteiger partial charge in [-0.1, -0.05) is 37.3 Å². The second-order valence-corrected chi connectivity index (χ2v) is 10.8. The van der Waals surface area contributed by atoms with Gasteiger partial charge in [0.2, 0.25) is 5.95 Å². The molecule has 0 unspecified atom stereocenters. The van der Waals surface area contributed by atoms with Gasteiger partial charge in [-0.15, -0.1) is 0 Å². The maximum atomic E-state index is 12.2. The lowest BCUT2D eigenvalue weighted by atomic mass is 10.0. The SMILES string of the molecule is CCN1CCC(N2CCN(c3nc(C=C4SC(=O)NC4=O)cc(N(C)Cc4ccccc4)n3)CC2)CC1. The fourth-order valence-corrected chi connectivity index (χ4v) is 5.90. The summed E-state index contributed by atoms with van der Waals surface area (Å²) in [6.07, 6.45) is 4.16.